The maximum absolute atomic E-state index is 14.2. The van der Waals surface area contributed by atoms with Crippen molar-refractivity contribution < 1.29 is 18.7 Å². The smallest absolute Gasteiger partial charge is 0.320 e. The van der Waals surface area contributed by atoms with E-state index in [1.54, 1.807) is 29.2 Å². The van der Waals surface area contributed by atoms with Crippen LogP contribution in [0.2, 0.25) is 0 Å². The Balaban J connectivity index is 0.00000190. The number of carbonyl (C=O) groups is 2. The molecule has 0 saturated carbocycles. The molecule has 0 unspecified atom stereocenters. The molecule has 5 rings (SSSR count). The van der Waals surface area contributed by atoms with Crippen molar-refractivity contribution in [2.24, 2.45) is 5.73 Å². The van der Waals surface area contributed by atoms with Crippen LogP contribution in [0.15, 0.2) is 60.7 Å². The molecular formula is C26H24Cl2FN5O3. The zero-order valence-corrected chi connectivity index (χ0v) is 21.2. The van der Waals surface area contributed by atoms with E-state index in [0.29, 0.717) is 40.7 Å². The van der Waals surface area contributed by atoms with Crippen molar-refractivity contribution in [3.63, 3.8) is 0 Å². The number of amides is 1. The monoisotopic (exact) mass is 543 g/mol. The molecule has 0 radical (unpaired) electrons. The largest absolute Gasteiger partial charge is 0.460 e. The van der Waals surface area contributed by atoms with Gasteiger partial charge < -0.3 is 21.1 Å². The Hall–Kier alpha value is -3.79. The minimum absolute atomic E-state index is 0. The predicted molar refractivity (Wildman–Crippen MR) is 143 cm³/mol. The van der Waals surface area contributed by atoms with Crippen molar-refractivity contribution in [2.75, 3.05) is 12.3 Å². The van der Waals surface area contributed by atoms with Crippen LogP contribution in [-0.2, 0) is 29.2 Å². The Labute approximate surface area is 224 Å². The number of hydrogen-bond acceptors (Lipinski definition) is 7. The van der Waals surface area contributed by atoms with Crippen molar-refractivity contribution in [3.05, 3.63) is 88.9 Å². The molecule has 0 aliphatic carbocycles. The fourth-order valence-electron chi connectivity index (χ4n) is 4.26. The molecule has 2 heterocycles. The molecule has 1 aliphatic rings. The van der Waals surface area contributed by atoms with Gasteiger partial charge in [0.25, 0.3) is 5.91 Å². The third-order valence-corrected chi connectivity index (χ3v) is 5.98. The number of nitrogens with zero attached hydrogens (tertiary/aromatic N) is 3. The van der Waals surface area contributed by atoms with E-state index in [4.69, 9.17) is 16.2 Å². The van der Waals surface area contributed by atoms with E-state index in [9.17, 15) is 14.0 Å². The maximum Gasteiger partial charge on any atom is 0.320 e. The third-order valence-electron chi connectivity index (χ3n) is 5.98. The van der Waals surface area contributed by atoms with E-state index in [0.717, 1.165) is 11.1 Å². The van der Waals surface area contributed by atoms with Crippen LogP contribution >= 0.6 is 24.8 Å². The van der Waals surface area contributed by atoms with E-state index in [1.165, 1.54) is 12.1 Å². The van der Waals surface area contributed by atoms with Gasteiger partial charge in [0.1, 0.15) is 18.1 Å². The molecule has 3 aromatic carbocycles. The molecule has 8 nitrogen and oxygen atoms in total. The lowest BCUT2D eigenvalue weighted by molar-refractivity contribution is -0.143. The van der Waals surface area contributed by atoms with Gasteiger partial charge in [0.05, 0.1) is 12.1 Å². The second-order valence-electron chi connectivity index (χ2n) is 8.26. The summed E-state index contributed by atoms with van der Waals surface area (Å²) in [6, 6.07) is 17.3. The first kappa shape index (κ1) is 27.8. The Morgan fingerprint density at radius 3 is 2.35 bits per heavy atom. The molecule has 11 heteroatoms. The summed E-state index contributed by atoms with van der Waals surface area (Å²) < 4.78 is 19.3. The fraction of sp³-hybridized carbons (Fsp3) is 0.154. The molecule has 0 saturated heterocycles. The van der Waals surface area contributed by atoms with Crippen LogP contribution in [-0.4, -0.2) is 33.3 Å². The number of hydrogen-bond donors (Lipinski definition) is 2. The minimum atomic E-state index is -0.567. The van der Waals surface area contributed by atoms with Crippen LogP contribution in [0.3, 0.4) is 0 Å². The van der Waals surface area contributed by atoms with E-state index in [1.807, 2.05) is 24.3 Å². The summed E-state index contributed by atoms with van der Waals surface area (Å²) in [6.07, 6.45) is 0. The topological polar surface area (TPSA) is 124 Å². The molecular weight excluding hydrogens is 520 g/mol. The molecule has 4 N–H and O–H groups in total. The van der Waals surface area contributed by atoms with Crippen molar-refractivity contribution in [1.82, 2.24) is 14.9 Å². The van der Waals surface area contributed by atoms with Gasteiger partial charge in [-0.1, -0.05) is 36.4 Å². The fourth-order valence-corrected chi connectivity index (χ4v) is 4.26. The van der Waals surface area contributed by atoms with E-state index >= 15 is 0 Å². The predicted octanol–water partition coefficient (Wildman–Crippen LogP) is 4.02. The molecule has 1 aromatic heterocycles. The van der Waals surface area contributed by atoms with Crippen LogP contribution < -0.4 is 11.5 Å². The Kier molecular flexibility index (Phi) is 8.65. The van der Waals surface area contributed by atoms with Crippen LogP contribution in [0.5, 0.6) is 0 Å². The minimum Gasteiger partial charge on any atom is -0.460 e. The highest BCUT2D eigenvalue weighted by Crippen LogP contribution is 2.31. The number of nitrogens with two attached hydrogens (primary N) is 2. The van der Waals surface area contributed by atoms with Gasteiger partial charge in [-0.2, -0.15) is 0 Å². The molecule has 1 amide bonds. The molecule has 0 fully saturated rings. The number of nitrogen functional groups attached to an aromatic ring is 1. The van der Waals surface area contributed by atoms with Gasteiger partial charge in [0, 0.05) is 18.5 Å². The number of anilines is 1. The van der Waals surface area contributed by atoms with Crippen LogP contribution in [0.25, 0.3) is 22.0 Å². The average Bonchev–Trinajstić information content (AvgIpc) is 3.31. The summed E-state index contributed by atoms with van der Waals surface area (Å²) in [4.78, 5) is 35.3. The summed E-state index contributed by atoms with van der Waals surface area (Å²) in [5.74, 6) is -1.30. The number of rotatable bonds is 5. The van der Waals surface area contributed by atoms with Gasteiger partial charge >= 0.3 is 5.97 Å². The molecule has 192 valence electrons. The average molecular weight is 544 g/mol. The SMILES string of the molecule is Cl.Cl.NCC(=O)OCc1ccc(F)cc1-c1ccc2nc(N)nc(C(=O)N3Cc4ccccc4C3)c2c1. The number of fused-ring (bicyclic) bond motifs is 2. The Morgan fingerprint density at radius 1 is 0.973 bits per heavy atom. The lowest BCUT2D eigenvalue weighted by Gasteiger charge is -2.17. The molecule has 0 bridgehead atoms. The summed E-state index contributed by atoms with van der Waals surface area (Å²) in [6.45, 7) is 0.623. The van der Waals surface area contributed by atoms with Gasteiger partial charge in [0.15, 0.2) is 0 Å². The zero-order valence-electron chi connectivity index (χ0n) is 19.5. The zero-order chi connectivity index (χ0) is 24.5. The molecule has 4 aromatic rings. The standard InChI is InChI=1S/C26H22FN5O3.2ClH/c27-19-7-5-18(14-35-23(33)11-28)20(10-19)15-6-8-22-21(9-15)24(31-26(29)30-22)25(34)32-12-16-3-1-2-4-17(16)13-32;;/h1-10H,11-14,28H2,(H2,29,30,31);2*1H. The summed E-state index contributed by atoms with van der Waals surface area (Å²) in [7, 11) is 0. The highest BCUT2D eigenvalue weighted by Gasteiger charge is 2.27. The summed E-state index contributed by atoms with van der Waals surface area (Å²) in [5, 5.41) is 0.492. The molecule has 1 aliphatic heterocycles. The second kappa shape index (κ2) is 11.5. The van der Waals surface area contributed by atoms with Crippen LogP contribution in [0, 0.1) is 5.82 Å². The normalized spacial score (nSPS) is 11.9. The van der Waals surface area contributed by atoms with Crippen LogP contribution in [0.1, 0.15) is 27.2 Å². The summed E-state index contributed by atoms with van der Waals surface area (Å²) >= 11 is 0. The lowest BCUT2D eigenvalue weighted by Crippen LogP contribution is -2.27. The Morgan fingerprint density at radius 2 is 1.68 bits per heavy atom. The number of benzene rings is 3. The third kappa shape index (κ3) is 5.64. The molecule has 37 heavy (non-hydrogen) atoms. The van der Waals surface area contributed by atoms with Gasteiger partial charge in [0.2, 0.25) is 5.95 Å². The second-order valence-corrected chi connectivity index (χ2v) is 8.26. The highest BCUT2D eigenvalue weighted by atomic mass is 35.5. The number of esters is 1. The van der Waals surface area contributed by atoms with E-state index in [-0.39, 0.29) is 55.5 Å². The van der Waals surface area contributed by atoms with Crippen molar-refractivity contribution >= 4 is 53.5 Å². The number of halogens is 3. The van der Waals surface area contributed by atoms with E-state index in [2.05, 4.69) is 9.97 Å². The first-order valence-electron chi connectivity index (χ1n) is 11.0. The number of carbonyl (C=O) groups excluding carboxylic acids is 2. The summed E-state index contributed by atoms with van der Waals surface area (Å²) in [5.41, 5.74) is 15.8. The Bertz CT molecular complexity index is 1460. The maximum atomic E-state index is 14.2. The lowest BCUT2D eigenvalue weighted by atomic mass is 9.97. The molecule has 0 atom stereocenters. The first-order valence-corrected chi connectivity index (χ1v) is 11.0. The van der Waals surface area contributed by atoms with Gasteiger partial charge in [-0.3, -0.25) is 9.59 Å². The van der Waals surface area contributed by atoms with E-state index < -0.39 is 11.8 Å². The van der Waals surface area contributed by atoms with Gasteiger partial charge in [-0.15, -0.1) is 24.8 Å². The van der Waals surface area contributed by atoms with Gasteiger partial charge in [-0.25, -0.2) is 14.4 Å². The molecule has 0 spiro atoms. The first-order chi connectivity index (χ1) is 16.9. The van der Waals surface area contributed by atoms with Crippen molar-refractivity contribution in [1.29, 1.82) is 0 Å². The number of aromatic nitrogens is 2. The van der Waals surface area contributed by atoms with Crippen molar-refractivity contribution in [3.8, 4) is 11.1 Å². The highest BCUT2D eigenvalue weighted by molar-refractivity contribution is 6.06. The van der Waals surface area contributed by atoms with Crippen molar-refractivity contribution in [2.45, 2.75) is 19.7 Å². The number of ether oxygens (including phenoxy) is 1. The van der Waals surface area contributed by atoms with Gasteiger partial charge in [-0.05, 0) is 52.1 Å². The van der Waals surface area contributed by atoms with Crippen LogP contribution in [0.4, 0.5) is 10.3 Å². The quantitative estimate of drug-likeness (QED) is 0.364.